The van der Waals surface area contributed by atoms with Gasteiger partial charge < -0.3 is 4.74 Å². The average molecular weight is 304 g/mol. The molecule has 0 amide bonds. The van der Waals surface area contributed by atoms with E-state index in [1.807, 2.05) is 0 Å². The monoisotopic (exact) mass is 302 g/mol. The maximum absolute atomic E-state index is 9.82. The van der Waals surface area contributed by atoms with Gasteiger partial charge in [0.2, 0.25) is 0 Å². The van der Waals surface area contributed by atoms with E-state index < -0.39 is 8.63 Å². The molecule has 0 spiro atoms. The Balaban J connectivity index is 0. The van der Waals surface area contributed by atoms with Gasteiger partial charge in [-0.2, -0.15) is 0 Å². The number of ether oxygens (including phenoxy) is 1. The van der Waals surface area contributed by atoms with Gasteiger partial charge in [-0.25, -0.2) is 0 Å². The van der Waals surface area contributed by atoms with Crippen molar-refractivity contribution in [3.63, 3.8) is 0 Å². The van der Waals surface area contributed by atoms with E-state index in [1.54, 1.807) is 6.92 Å². The van der Waals surface area contributed by atoms with E-state index in [2.05, 4.69) is 4.74 Å². The molecule has 0 aromatic rings. The number of carbonyl (C=O) groups excluding carboxylic acids is 1. The number of esters is 1. The van der Waals surface area contributed by atoms with Crippen molar-refractivity contribution in [3.05, 3.63) is 0 Å². The molecule has 0 aliphatic heterocycles. The van der Waals surface area contributed by atoms with E-state index in [-0.39, 0.29) is 12.4 Å². The number of rotatable bonds is 2. The summed E-state index contributed by atoms with van der Waals surface area (Å²) in [7, 11) is 0. The van der Waals surface area contributed by atoms with E-state index in [9.17, 15) is 4.79 Å². The largest absolute Gasteiger partial charge is 0.466 e. The second kappa shape index (κ2) is 9.17. The zero-order chi connectivity index (χ0) is 11.8. The molecule has 0 aromatic heterocycles. The molecule has 0 saturated heterocycles. The lowest BCUT2D eigenvalue weighted by Crippen LogP contribution is -2.06. The van der Waals surface area contributed by atoms with Crippen LogP contribution in [0.1, 0.15) is 20.3 Å². The summed E-state index contributed by atoms with van der Waals surface area (Å²) >= 11 is 26.4. The van der Waals surface area contributed by atoms with E-state index in [1.165, 1.54) is 6.92 Å². The fourth-order valence-electron chi connectivity index (χ4n) is 0.378. The van der Waals surface area contributed by atoms with Crippen LogP contribution >= 0.6 is 58.0 Å². The van der Waals surface area contributed by atoms with Gasteiger partial charge in [-0.15, -0.1) is 23.2 Å². The minimum Gasteiger partial charge on any atom is -0.466 e. The topological polar surface area (TPSA) is 26.3 Å². The second-order valence-corrected chi connectivity index (χ2v) is 5.93. The van der Waals surface area contributed by atoms with Gasteiger partial charge in [-0.1, -0.05) is 34.8 Å². The third kappa shape index (κ3) is 23.1. The second-order valence-electron chi connectivity index (χ2n) is 2.13. The first kappa shape index (κ1) is 17.3. The van der Waals surface area contributed by atoms with Crippen molar-refractivity contribution in [2.24, 2.45) is 0 Å². The van der Waals surface area contributed by atoms with Crippen LogP contribution in [0, 0.1) is 0 Å². The smallest absolute Gasteiger partial charge is 0.302 e. The summed E-state index contributed by atoms with van der Waals surface area (Å²) in [4.78, 5) is 9.21. The van der Waals surface area contributed by atoms with Crippen molar-refractivity contribution in [2.75, 3.05) is 6.61 Å². The number of carbonyl (C=O) groups is 1. The lowest BCUT2D eigenvalue weighted by atomic mass is 10.5. The summed E-state index contributed by atoms with van der Waals surface area (Å²) in [5.41, 5.74) is 0. The molecule has 2 nitrogen and oxygen atoms in total. The third-order valence-corrected chi connectivity index (χ3v) is 1.50. The zero-order valence-electron chi connectivity index (χ0n) is 7.70. The molecule has 14 heavy (non-hydrogen) atoms. The van der Waals surface area contributed by atoms with Gasteiger partial charge in [-0.05, 0) is 6.92 Å². The van der Waals surface area contributed by atoms with E-state index in [0.29, 0.717) is 6.61 Å². The Labute approximate surface area is 109 Å². The fraction of sp³-hybridized carbons (Fsp3) is 0.857. The van der Waals surface area contributed by atoms with Crippen molar-refractivity contribution in [1.29, 1.82) is 0 Å². The minimum absolute atomic E-state index is 0.154. The Morgan fingerprint density at radius 1 is 1.36 bits per heavy atom. The molecule has 0 fully saturated rings. The molecular weight excluding hydrogens is 293 g/mol. The number of alkyl halides is 5. The Morgan fingerprint density at radius 3 is 1.79 bits per heavy atom. The van der Waals surface area contributed by atoms with Crippen molar-refractivity contribution in [2.45, 2.75) is 28.9 Å². The van der Waals surface area contributed by atoms with E-state index >= 15 is 0 Å². The zero-order valence-corrected chi connectivity index (χ0v) is 11.5. The highest BCUT2D eigenvalue weighted by Gasteiger charge is 2.22. The average Bonchev–Trinajstić information content (AvgIpc) is 1.80. The highest BCUT2D eigenvalue weighted by Crippen LogP contribution is 2.33. The first-order chi connectivity index (χ1) is 6.19. The van der Waals surface area contributed by atoms with Crippen molar-refractivity contribution >= 4 is 64.0 Å². The number of hydrogen-bond donors (Lipinski definition) is 0. The summed E-state index contributed by atoms with van der Waals surface area (Å²) in [6.45, 7) is 3.65. The SMILES string of the molecule is CCOC(C)=O.ClC(Cl)CC(Cl)(Cl)Cl. The fourth-order valence-corrected chi connectivity index (χ4v) is 1.78. The lowest BCUT2D eigenvalue weighted by Gasteiger charge is -2.09. The van der Waals surface area contributed by atoms with Gasteiger partial charge in [-0.3, -0.25) is 4.79 Å². The van der Waals surface area contributed by atoms with Gasteiger partial charge in [0.1, 0.15) is 4.84 Å². The highest BCUT2D eigenvalue weighted by molar-refractivity contribution is 6.68. The summed E-state index contributed by atoms with van der Waals surface area (Å²) in [6, 6.07) is 0. The Kier molecular flexibility index (Phi) is 11.3. The molecular formula is C7H11Cl5O2. The van der Waals surface area contributed by atoms with Crippen LogP contribution in [-0.2, 0) is 9.53 Å². The quantitative estimate of drug-likeness (QED) is 0.566. The van der Waals surface area contributed by atoms with Gasteiger partial charge in [0.15, 0.2) is 3.79 Å². The molecule has 0 N–H and O–H groups in total. The molecule has 0 aromatic carbocycles. The van der Waals surface area contributed by atoms with Crippen LogP contribution in [0.3, 0.4) is 0 Å². The predicted molar refractivity (Wildman–Crippen MR) is 62.7 cm³/mol. The molecule has 0 heterocycles. The molecule has 0 atom stereocenters. The van der Waals surface area contributed by atoms with Crippen LogP contribution in [-0.4, -0.2) is 21.2 Å². The van der Waals surface area contributed by atoms with Gasteiger partial charge >= 0.3 is 5.97 Å². The Hall–Kier alpha value is 0.920. The van der Waals surface area contributed by atoms with Crippen molar-refractivity contribution in [1.82, 2.24) is 0 Å². The third-order valence-electron chi connectivity index (χ3n) is 0.733. The van der Waals surface area contributed by atoms with Crippen LogP contribution in [0.4, 0.5) is 0 Å². The molecule has 0 aliphatic carbocycles. The van der Waals surface area contributed by atoms with Gasteiger partial charge in [0, 0.05) is 13.3 Å². The molecule has 0 saturated carbocycles. The molecule has 0 aliphatic rings. The summed E-state index contributed by atoms with van der Waals surface area (Å²) < 4.78 is 3.08. The van der Waals surface area contributed by atoms with E-state index in [0.717, 1.165) is 0 Å². The first-order valence-electron chi connectivity index (χ1n) is 3.67. The lowest BCUT2D eigenvalue weighted by molar-refractivity contribution is -0.140. The van der Waals surface area contributed by atoms with Crippen LogP contribution in [0.25, 0.3) is 0 Å². The van der Waals surface area contributed by atoms with Crippen molar-refractivity contribution < 1.29 is 9.53 Å². The maximum atomic E-state index is 9.82. The molecule has 86 valence electrons. The predicted octanol–water partition coefficient (Wildman–Crippen LogP) is 4.12. The summed E-state index contributed by atoms with van der Waals surface area (Å²) in [5.74, 6) is -0.211. The number of halogens is 5. The van der Waals surface area contributed by atoms with Crippen LogP contribution < -0.4 is 0 Å². The first-order valence-corrected chi connectivity index (χ1v) is 5.68. The van der Waals surface area contributed by atoms with E-state index in [4.69, 9.17) is 58.0 Å². The van der Waals surface area contributed by atoms with Gasteiger partial charge in [0.05, 0.1) is 6.61 Å². The van der Waals surface area contributed by atoms with Crippen LogP contribution in [0.15, 0.2) is 0 Å². The molecule has 0 bridgehead atoms. The summed E-state index contributed by atoms with van der Waals surface area (Å²) in [6.07, 6.45) is 0.154. The molecule has 7 heteroatoms. The van der Waals surface area contributed by atoms with Crippen LogP contribution in [0.5, 0.6) is 0 Å². The van der Waals surface area contributed by atoms with Gasteiger partial charge in [0.25, 0.3) is 0 Å². The Morgan fingerprint density at radius 2 is 1.79 bits per heavy atom. The summed E-state index contributed by atoms with van der Waals surface area (Å²) in [5, 5.41) is 0. The normalized spacial score (nSPS) is 10.6. The standard InChI is InChI=1S/C4H8O2.C3H3Cl5/c1-3-6-4(2)5;4-2(5)1-3(6,7)8/h3H2,1-2H3;2H,1H2. The Bertz CT molecular complexity index is 155. The molecule has 0 radical (unpaired) electrons. The number of hydrogen-bond acceptors (Lipinski definition) is 2. The van der Waals surface area contributed by atoms with Crippen LogP contribution in [0.2, 0.25) is 0 Å². The minimum atomic E-state index is -1.33. The molecule has 0 unspecified atom stereocenters. The van der Waals surface area contributed by atoms with Crippen molar-refractivity contribution in [3.8, 4) is 0 Å². The highest BCUT2D eigenvalue weighted by atomic mass is 35.6. The maximum Gasteiger partial charge on any atom is 0.302 e. The molecule has 0 rings (SSSR count).